The molecule has 1 aromatic carbocycles. The summed E-state index contributed by atoms with van der Waals surface area (Å²) in [5, 5.41) is 13.1. The molecular formula is C21H21N3O3S. The highest BCUT2D eigenvalue weighted by Gasteiger charge is 2.36. The molecule has 1 aliphatic carbocycles. The van der Waals surface area contributed by atoms with Crippen LogP contribution in [0.25, 0.3) is 0 Å². The first-order valence-electron chi connectivity index (χ1n) is 9.40. The molecule has 28 heavy (non-hydrogen) atoms. The van der Waals surface area contributed by atoms with E-state index in [4.69, 9.17) is 4.74 Å². The van der Waals surface area contributed by atoms with Crippen molar-refractivity contribution >= 4 is 33.8 Å². The standard InChI is InChI=1S/C21H21N3O3S/c1-27-15-8-6-14(7-9-15)24-12-13(10-19(24)25)20(26)23-21-17(11-22)16-4-2-3-5-18(16)28-21/h6-9,13H,2-5,10,12H2,1H3,(H,23,26)/t13-/m1/s1. The molecule has 0 saturated carbocycles. The van der Waals surface area contributed by atoms with Gasteiger partial charge in [-0.2, -0.15) is 5.26 Å². The lowest BCUT2D eigenvalue weighted by Gasteiger charge is -2.17. The Balaban J connectivity index is 1.48. The summed E-state index contributed by atoms with van der Waals surface area (Å²) in [6.07, 6.45) is 4.25. The number of nitrogens with one attached hydrogen (secondary N) is 1. The number of aryl methyl sites for hydroxylation is 1. The first kappa shape index (κ1) is 18.5. The van der Waals surface area contributed by atoms with Crippen molar-refractivity contribution in [3.8, 4) is 11.8 Å². The van der Waals surface area contributed by atoms with Crippen LogP contribution in [0.15, 0.2) is 24.3 Å². The van der Waals surface area contributed by atoms with Crippen molar-refractivity contribution in [1.29, 1.82) is 5.26 Å². The molecule has 144 valence electrons. The predicted octanol–water partition coefficient (Wildman–Crippen LogP) is 3.50. The first-order valence-corrected chi connectivity index (χ1v) is 10.2. The number of hydrogen-bond acceptors (Lipinski definition) is 5. The molecule has 1 saturated heterocycles. The molecule has 1 atom stereocenters. The van der Waals surface area contributed by atoms with Crippen LogP contribution in [0.4, 0.5) is 10.7 Å². The van der Waals surface area contributed by atoms with E-state index in [0.717, 1.165) is 42.7 Å². The summed E-state index contributed by atoms with van der Waals surface area (Å²) in [6, 6.07) is 9.49. The van der Waals surface area contributed by atoms with E-state index < -0.39 is 5.92 Å². The zero-order chi connectivity index (χ0) is 19.7. The van der Waals surface area contributed by atoms with Crippen molar-refractivity contribution in [2.24, 2.45) is 5.92 Å². The van der Waals surface area contributed by atoms with Crippen LogP contribution in [-0.4, -0.2) is 25.5 Å². The van der Waals surface area contributed by atoms with Crippen molar-refractivity contribution in [3.63, 3.8) is 0 Å². The number of fused-ring (bicyclic) bond motifs is 1. The minimum Gasteiger partial charge on any atom is -0.497 e. The van der Waals surface area contributed by atoms with E-state index in [1.807, 2.05) is 12.1 Å². The molecule has 2 heterocycles. The maximum absolute atomic E-state index is 12.8. The second-order valence-corrected chi connectivity index (χ2v) is 8.22. The lowest BCUT2D eigenvalue weighted by atomic mass is 9.96. The van der Waals surface area contributed by atoms with E-state index in [2.05, 4.69) is 11.4 Å². The third kappa shape index (κ3) is 3.36. The van der Waals surface area contributed by atoms with Crippen LogP contribution in [-0.2, 0) is 22.4 Å². The zero-order valence-electron chi connectivity index (χ0n) is 15.7. The monoisotopic (exact) mass is 395 g/mol. The molecular weight excluding hydrogens is 374 g/mol. The SMILES string of the molecule is COc1ccc(N2C[C@H](C(=O)Nc3sc4c(c3C#N)CCCC4)CC2=O)cc1. The van der Waals surface area contributed by atoms with Crippen molar-refractivity contribution < 1.29 is 14.3 Å². The molecule has 2 aromatic rings. The minimum atomic E-state index is -0.430. The number of carbonyl (C=O) groups excluding carboxylic acids is 2. The second kappa shape index (κ2) is 7.64. The third-order valence-corrected chi connectivity index (χ3v) is 6.61. The molecule has 0 radical (unpaired) electrons. The molecule has 2 aliphatic rings. The lowest BCUT2D eigenvalue weighted by Crippen LogP contribution is -2.28. The van der Waals surface area contributed by atoms with Crippen LogP contribution in [0.3, 0.4) is 0 Å². The van der Waals surface area contributed by atoms with Crippen LogP contribution in [0.5, 0.6) is 5.75 Å². The van der Waals surface area contributed by atoms with Crippen molar-refractivity contribution in [2.75, 3.05) is 23.9 Å². The average molecular weight is 395 g/mol. The lowest BCUT2D eigenvalue weighted by molar-refractivity contribution is -0.122. The number of nitriles is 1. The number of thiophene rings is 1. The number of hydrogen-bond donors (Lipinski definition) is 1. The number of carbonyl (C=O) groups is 2. The Bertz CT molecular complexity index is 959. The Morgan fingerprint density at radius 1 is 1.29 bits per heavy atom. The summed E-state index contributed by atoms with van der Waals surface area (Å²) in [5.41, 5.74) is 2.45. The largest absolute Gasteiger partial charge is 0.497 e. The second-order valence-electron chi connectivity index (χ2n) is 7.12. The van der Waals surface area contributed by atoms with E-state index >= 15 is 0 Å². The van der Waals surface area contributed by atoms with Gasteiger partial charge in [0.2, 0.25) is 11.8 Å². The molecule has 0 unspecified atom stereocenters. The van der Waals surface area contributed by atoms with E-state index in [0.29, 0.717) is 17.1 Å². The van der Waals surface area contributed by atoms with Crippen LogP contribution < -0.4 is 15.0 Å². The third-order valence-electron chi connectivity index (χ3n) is 5.40. The molecule has 2 amide bonds. The van der Waals surface area contributed by atoms with Crippen molar-refractivity contribution in [2.45, 2.75) is 32.1 Å². The van der Waals surface area contributed by atoms with Gasteiger partial charge in [-0.15, -0.1) is 11.3 Å². The van der Waals surface area contributed by atoms with Crippen molar-refractivity contribution in [1.82, 2.24) is 0 Å². The Labute approximate surface area is 167 Å². The van der Waals surface area contributed by atoms with Gasteiger partial charge < -0.3 is 15.0 Å². The normalized spacial score (nSPS) is 18.5. The van der Waals surface area contributed by atoms with Gasteiger partial charge in [-0.1, -0.05) is 0 Å². The number of amides is 2. The Morgan fingerprint density at radius 2 is 2.04 bits per heavy atom. The Hall–Kier alpha value is -2.85. The van der Waals surface area contributed by atoms with Crippen LogP contribution in [0.2, 0.25) is 0 Å². The fourth-order valence-electron chi connectivity index (χ4n) is 3.88. The molecule has 7 heteroatoms. The maximum atomic E-state index is 12.8. The van der Waals surface area contributed by atoms with Gasteiger partial charge >= 0.3 is 0 Å². The number of anilines is 2. The molecule has 0 spiro atoms. The Morgan fingerprint density at radius 3 is 2.75 bits per heavy atom. The number of nitrogens with zero attached hydrogens (tertiary/aromatic N) is 2. The first-order chi connectivity index (χ1) is 13.6. The summed E-state index contributed by atoms with van der Waals surface area (Å²) in [5.74, 6) is 0.0198. The number of benzene rings is 1. The molecule has 1 fully saturated rings. The highest BCUT2D eigenvalue weighted by molar-refractivity contribution is 7.16. The van der Waals surface area contributed by atoms with Crippen LogP contribution in [0, 0.1) is 17.2 Å². The van der Waals surface area contributed by atoms with Crippen LogP contribution in [0.1, 0.15) is 35.3 Å². The van der Waals surface area contributed by atoms with Crippen molar-refractivity contribution in [3.05, 3.63) is 40.3 Å². The molecule has 4 rings (SSSR count). The maximum Gasteiger partial charge on any atom is 0.230 e. The average Bonchev–Trinajstić information content (AvgIpc) is 3.28. The number of ether oxygens (including phenoxy) is 1. The molecule has 0 bridgehead atoms. The van der Waals surface area contributed by atoms with E-state index in [1.165, 1.54) is 16.2 Å². The van der Waals surface area contributed by atoms with Gasteiger partial charge in [0.1, 0.15) is 16.8 Å². The highest BCUT2D eigenvalue weighted by Crippen LogP contribution is 2.38. The fraction of sp³-hybridized carbons (Fsp3) is 0.381. The molecule has 1 aliphatic heterocycles. The summed E-state index contributed by atoms with van der Waals surface area (Å²) in [4.78, 5) is 28.1. The van der Waals surface area contributed by atoms with Gasteiger partial charge in [0.05, 0.1) is 18.6 Å². The molecule has 6 nitrogen and oxygen atoms in total. The predicted molar refractivity (Wildman–Crippen MR) is 108 cm³/mol. The summed E-state index contributed by atoms with van der Waals surface area (Å²) in [7, 11) is 1.59. The highest BCUT2D eigenvalue weighted by atomic mass is 32.1. The van der Waals surface area contributed by atoms with Gasteiger partial charge in [-0.25, -0.2) is 0 Å². The Kier molecular flexibility index (Phi) is 5.05. The van der Waals surface area contributed by atoms with Gasteiger partial charge in [0, 0.05) is 23.5 Å². The fourth-order valence-corrected chi connectivity index (χ4v) is 5.12. The minimum absolute atomic E-state index is 0.0729. The quantitative estimate of drug-likeness (QED) is 0.859. The van der Waals surface area contributed by atoms with E-state index in [9.17, 15) is 14.9 Å². The van der Waals surface area contributed by atoms with Gasteiger partial charge in [0.15, 0.2) is 0 Å². The smallest absolute Gasteiger partial charge is 0.230 e. The summed E-state index contributed by atoms with van der Waals surface area (Å²) >= 11 is 1.51. The van der Waals surface area contributed by atoms with Gasteiger partial charge in [0.25, 0.3) is 0 Å². The summed E-state index contributed by atoms with van der Waals surface area (Å²) < 4.78 is 5.15. The van der Waals surface area contributed by atoms with E-state index in [1.54, 1.807) is 24.1 Å². The van der Waals surface area contributed by atoms with Crippen LogP contribution >= 0.6 is 11.3 Å². The number of rotatable bonds is 4. The molecule has 1 aromatic heterocycles. The summed E-state index contributed by atoms with van der Waals surface area (Å²) in [6.45, 7) is 0.337. The van der Waals surface area contributed by atoms with E-state index in [-0.39, 0.29) is 18.2 Å². The number of methoxy groups -OCH3 is 1. The van der Waals surface area contributed by atoms with Gasteiger partial charge in [-0.05, 0) is 55.5 Å². The topological polar surface area (TPSA) is 82.4 Å². The molecule has 1 N–H and O–H groups in total. The van der Waals surface area contributed by atoms with Gasteiger partial charge in [-0.3, -0.25) is 9.59 Å². The zero-order valence-corrected chi connectivity index (χ0v) is 16.5.